The highest BCUT2D eigenvalue weighted by molar-refractivity contribution is 5.50. The van der Waals surface area contributed by atoms with Gasteiger partial charge in [-0.1, -0.05) is 0 Å². The number of benzene rings is 1. The van der Waals surface area contributed by atoms with Crippen molar-refractivity contribution in [2.75, 3.05) is 12.4 Å². The highest BCUT2D eigenvalue weighted by Gasteiger charge is 2.07. The van der Waals surface area contributed by atoms with Gasteiger partial charge in [-0.05, 0) is 31.2 Å². The number of ether oxygens (including phenoxy) is 1. The van der Waals surface area contributed by atoms with Gasteiger partial charge in [0.2, 0.25) is 0 Å². The number of aromatic hydroxyl groups is 1. The lowest BCUT2D eigenvalue weighted by Gasteiger charge is -2.10. The number of nitrogens with one attached hydrogen (secondary N) is 1. The first-order valence-electron chi connectivity index (χ1n) is 5.83. The zero-order valence-corrected chi connectivity index (χ0v) is 10.8. The second kappa shape index (κ2) is 5.56. The number of methoxy groups -OCH3 is 1. The minimum atomic E-state index is -0.382. The second-order valence-electron chi connectivity index (χ2n) is 4.12. The fourth-order valence-electron chi connectivity index (χ4n) is 1.68. The van der Waals surface area contributed by atoms with E-state index in [4.69, 9.17) is 4.74 Å². The summed E-state index contributed by atoms with van der Waals surface area (Å²) < 4.78 is 18.6. The van der Waals surface area contributed by atoms with Crippen LogP contribution in [0.3, 0.4) is 0 Å². The Kier molecular flexibility index (Phi) is 3.85. The summed E-state index contributed by atoms with van der Waals surface area (Å²) >= 11 is 0. The Morgan fingerprint density at radius 3 is 2.84 bits per heavy atom. The molecule has 1 aromatic carbocycles. The number of hydrogen-bond donors (Lipinski definition) is 2. The summed E-state index contributed by atoms with van der Waals surface area (Å²) in [6, 6.07) is 7.71. The Morgan fingerprint density at radius 1 is 1.32 bits per heavy atom. The molecule has 0 aliphatic rings. The fraction of sp³-hybridized carbons (Fsp3) is 0.214. The zero-order valence-electron chi connectivity index (χ0n) is 10.8. The number of aromatic nitrogens is 1. The Morgan fingerprint density at radius 2 is 2.11 bits per heavy atom. The third kappa shape index (κ3) is 3.13. The standard InChI is InChI=1S/C14H15FN2O2/c1-9-3-6-14(18)13(17-9)8-16-12-7-10(19-2)4-5-11(12)15/h3-7,16,18H,8H2,1-2H3. The minimum Gasteiger partial charge on any atom is -0.506 e. The van der Waals surface area contributed by atoms with Crippen molar-refractivity contribution >= 4 is 5.69 Å². The fourth-order valence-corrected chi connectivity index (χ4v) is 1.68. The zero-order chi connectivity index (χ0) is 13.8. The molecule has 19 heavy (non-hydrogen) atoms. The molecule has 0 amide bonds. The molecule has 0 unspecified atom stereocenters. The first kappa shape index (κ1) is 13.1. The molecule has 4 nitrogen and oxygen atoms in total. The molecule has 0 atom stereocenters. The lowest BCUT2D eigenvalue weighted by Crippen LogP contribution is -2.04. The van der Waals surface area contributed by atoms with Crippen molar-refractivity contribution in [1.82, 2.24) is 4.98 Å². The van der Waals surface area contributed by atoms with Crippen LogP contribution in [0.2, 0.25) is 0 Å². The van der Waals surface area contributed by atoms with E-state index >= 15 is 0 Å². The molecule has 0 bridgehead atoms. The van der Waals surface area contributed by atoms with E-state index in [0.717, 1.165) is 5.69 Å². The van der Waals surface area contributed by atoms with E-state index < -0.39 is 0 Å². The van der Waals surface area contributed by atoms with Gasteiger partial charge in [-0.3, -0.25) is 4.98 Å². The maximum atomic E-state index is 13.6. The Balaban J connectivity index is 2.16. The second-order valence-corrected chi connectivity index (χ2v) is 4.12. The van der Waals surface area contributed by atoms with Crippen LogP contribution in [-0.4, -0.2) is 17.2 Å². The summed E-state index contributed by atoms with van der Waals surface area (Å²) in [5.41, 5.74) is 1.57. The van der Waals surface area contributed by atoms with Crippen LogP contribution < -0.4 is 10.1 Å². The first-order valence-corrected chi connectivity index (χ1v) is 5.83. The van der Waals surface area contributed by atoms with Crippen LogP contribution in [0.25, 0.3) is 0 Å². The van der Waals surface area contributed by atoms with Crippen LogP contribution in [0.4, 0.5) is 10.1 Å². The van der Waals surface area contributed by atoms with E-state index in [1.807, 2.05) is 6.92 Å². The number of halogens is 1. The van der Waals surface area contributed by atoms with Crippen molar-refractivity contribution in [2.24, 2.45) is 0 Å². The maximum absolute atomic E-state index is 13.6. The molecule has 0 saturated heterocycles. The number of hydrogen-bond acceptors (Lipinski definition) is 4. The SMILES string of the molecule is COc1ccc(F)c(NCc2nc(C)ccc2O)c1. The van der Waals surface area contributed by atoms with Gasteiger partial charge in [-0.15, -0.1) is 0 Å². The number of anilines is 1. The smallest absolute Gasteiger partial charge is 0.146 e. The molecule has 0 aliphatic carbocycles. The summed E-state index contributed by atoms with van der Waals surface area (Å²) in [5.74, 6) is 0.264. The van der Waals surface area contributed by atoms with Gasteiger partial charge >= 0.3 is 0 Å². The summed E-state index contributed by atoms with van der Waals surface area (Å²) in [6.07, 6.45) is 0. The van der Waals surface area contributed by atoms with E-state index in [1.165, 1.54) is 13.2 Å². The largest absolute Gasteiger partial charge is 0.506 e. The average Bonchev–Trinajstić information content (AvgIpc) is 2.41. The lowest BCUT2D eigenvalue weighted by atomic mass is 10.2. The van der Waals surface area contributed by atoms with Gasteiger partial charge in [0.15, 0.2) is 0 Å². The first-order chi connectivity index (χ1) is 9.10. The molecule has 0 fully saturated rings. The van der Waals surface area contributed by atoms with Gasteiger partial charge in [0.1, 0.15) is 23.0 Å². The highest BCUT2D eigenvalue weighted by Crippen LogP contribution is 2.23. The molecule has 2 rings (SSSR count). The van der Waals surface area contributed by atoms with Crippen molar-refractivity contribution in [2.45, 2.75) is 13.5 Å². The molecule has 1 aromatic heterocycles. The number of pyridine rings is 1. The van der Waals surface area contributed by atoms with Crippen LogP contribution in [0.5, 0.6) is 11.5 Å². The quantitative estimate of drug-likeness (QED) is 0.889. The van der Waals surface area contributed by atoms with Crippen LogP contribution in [0.1, 0.15) is 11.4 Å². The Bertz CT molecular complexity index is 588. The van der Waals surface area contributed by atoms with Gasteiger partial charge < -0.3 is 15.2 Å². The molecule has 5 heteroatoms. The van der Waals surface area contributed by atoms with Gasteiger partial charge in [-0.2, -0.15) is 0 Å². The molecule has 2 N–H and O–H groups in total. The van der Waals surface area contributed by atoms with E-state index in [2.05, 4.69) is 10.3 Å². The molecule has 100 valence electrons. The van der Waals surface area contributed by atoms with Crippen molar-refractivity contribution in [3.8, 4) is 11.5 Å². The molecule has 0 spiro atoms. The Hall–Kier alpha value is -2.30. The van der Waals surface area contributed by atoms with Crippen LogP contribution in [-0.2, 0) is 6.54 Å². The molecular weight excluding hydrogens is 247 g/mol. The monoisotopic (exact) mass is 262 g/mol. The summed E-state index contributed by atoms with van der Waals surface area (Å²) in [6.45, 7) is 2.06. The number of nitrogens with zero attached hydrogens (tertiary/aromatic N) is 1. The molecule has 1 heterocycles. The van der Waals surface area contributed by atoms with E-state index in [9.17, 15) is 9.50 Å². The lowest BCUT2D eigenvalue weighted by molar-refractivity contribution is 0.414. The van der Waals surface area contributed by atoms with Crippen molar-refractivity contribution in [3.63, 3.8) is 0 Å². The predicted octanol–water partition coefficient (Wildman–Crippen LogP) is 2.86. The predicted molar refractivity (Wildman–Crippen MR) is 70.9 cm³/mol. The van der Waals surface area contributed by atoms with E-state index in [1.54, 1.807) is 24.3 Å². The Labute approximate surface area is 110 Å². The van der Waals surface area contributed by atoms with E-state index in [0.29, 0.717) is 17.1 Å². The van der Waals surface area contributed by atoms with Crippen molar-refractivity contribution in [3.05, 3.63) is 47.5 Å². The molecule has 0 saturated carbocycles. The molecular formula is C14H15FN2O2. The van der Waals surface area contributed by atoms with Gasteiger partial charge in [0.25, 0.3) is 0 Å². The van der Waals surface area contributed by atoms with Gasteiger partial charge in [0, 0.05) is 11.8 Å². The molecule has 0 aliphatic heterocycles. The normalized spacial score (nSPS) is 10.3. The van der Waals surface area contributed by atoms with Crippen LogP contribution >= 0.6 is 0 Å². The van der Waals surface area contributed by atoms with Crippen LogP contribution in [0, 0.1) is 12.7 Å². The molecule has 0 radical (unpaired) electrons. The summed E-state index contributed by atoms with van der Waals surface area (Å²) in [7, 11) is 1.52. The average molecular weight is 262 g/mol. The minimum absolute atomic E-state index is 0.0846. The van der Waals surface area contributed by atoms with E-state index in [-0.39, 0.29) is 18.1 Å². The topological polar surface area (TPSA) is 54.4 Å². The number of aryl methyl sites for hydroxylation is 1. The third-order valence-electron chi connectivity index (χ3n) is 2.71. The van der Waals surface area contributed by atoms with Gasteiger partial charge in [0.05, 0.1) is 19.3 Å². The summed E-state index contributed by atoms with van der Waals surface area (Å²) in [5, 5.41) is 12.6. The maximum Gasteiger partial charge on any atom is 0.146 e. The molecule has 2 aromatic rings. The third-order valence-corrected chi connectivity index (χ3v) is 2.71. The van der Waals surface area contributed by atoms with Crippen molar-refractivity contribution < 1.29 is 14.2 Å². The number of rotatable bonds is 4. The van der Waals surface area contributed by atoms with Crippen molar-refractivity contribution in [1.29, 1.82) is 0 Å². The highest BCUT2D eigenvalue weighted by atomic mass is 19.1. The summed E-state index contributed by atoms with van der Waals surface area (Å²) in [4.78, 5) is 4.19. The van der Waals surface area contributed by atoms with Gasteiger partial charge in [-0.25, -0.2) is 4.39 Å². The van der Waals surface area contributed by atoms with Crippen LogP contribution in [0.15, 0.2) is 30.3 Å².